The van der Waals surface area contributed by atoms with Crippen molar-refractivity contribution < 1.29 is 9.53 Å². The molecule has 1 aliphatic carbocycles. The van der Waals surface area contributed by atoms with E-state index in [4.69, 9.17) is 4.74 Å². The van der Waals surface area contributed by atoms with Gasteiger partial charge in [0.05, 0.1) is 24.5 Å². The Morgan fingerprint density at radius 1 is 1.23 bits per heavy atom. The molecule has 1 aromatic carbocycles. The van der Waals surface area contributed by atoms with Gasteiger partial charge in [-0.3, -0.25) is 4.79 Å². The fraction of sp³-hybridized carbons (Fsp3) is 0.526. The van der Waals surface area contributed by atoms with Crippen LogP contribution in [0.3, 0.4) is 0 Å². The number of thioether (sulfide) groups is 1. The van der Waals surface area contributed by atoms with Crippen LogP contribution in [0.15, 0.2) is 35.5 Å². The first-order valence-corrected chi connectivity index (χ1v) is 10.2. The van der Waals surface area contributed by atoms with Crippen molar-refractivity contribution in [3.63, 3.8) is 0 Å². The second-order valence-corrected chi connectivity index (χ2v) is 7.81. The van der Waals surface area contributed by atoms with Crippen LogP contribution in [-0.4, -0.2) is 56.6 Å². The van der Waals surface area contributed by atoms with E-state index in [-0.39, 0.29) is 18.1 Å². The Kier molecular flexibility index (Phi) is 5.26. The monoisotopic (exact) mass is 372 g/mol. The van der Waals surface area contributed by atoms with Gasteiger partial charge in [-0.15, -0.1) is 10.2 Å². The van der Waals surface area contributed by atoms with Gasteiger partial charge in [-0.25, -0.2) is 0 Å². The number of aromatic nitrogens is 3. The van der Waals surface area contributed by atoms with Crippen LogP contribution in [-0.2, 0) is 16.6 Å². The zero-order valence-electron chi connectivity index (χ0n) is 15.0. The number of nitrogens with zero attached hydrogens (tertiary/aromatic N) is 4. The number of hydrogen-bond donors (Lipinski definition) is 0. The standard InChI is InChI=1S/C19H24N4O2S/c1-22-18(14-7-3-2-4-8-14)20-21-19(22)26-13-17(24)23-11-12-25-16-10-6-5-9-15(16)23/h2-4,7-8,15-16H,5-6,9-13H2,1H3/t15-,16-/m1/s1. The first kappa shape index (κ1) is 17.5. The van der Waals surface area contributed by atoms with Gasteiger partial charge < -0.3 is 14.2 Å². The topological polar surface area (TPSA) is 60.2 Å². The van der Waals surface area contributed by atoms with Gasteiger partial charge in [0.2, 0.25) is 5.91 Å². The molecule has 0 bridgehead atoms. The molecule has 1 aliphatic heterocycles. The average molecular weight is 372 g/mol. The maximum absolute atomic E-state index is 12.8. The van der Waals surface area contributed by atoms with Crippen LogP contribution in [0.1, 0.15) is 25.7 Å². The van der Waals surface area contributed by atoms with E-state index in [2.05, 4.69) is 10.2 Å². The van der Waals surface area contributed by atoms with E-state index in [1.807, 2.05) is 46.8 Å². The lowest BCUT2D eigenvalue weighted by atomic mass is 9.90. The van der Waals surface area contributed by atoms with Crippen molar-refractivity contribution >= 4 is 17.7 Å². The molecule has 1 aromatic heterocycles. The van der Waals surface area contributed by atoms with Gasteiger partial charge in [0.25, 0.3) is 0 Å². The molecular weight excluding hydrogens is 348 g/mol. The molecule has 1 saturated heterocycles. The highest BCUT2D eigenvalue weighted by Gasteiger charge is 2.36. The number of carbonyl (C=O) groups is 1. The predicted octanol–water partition coefficient (Wildman–Crippen LogP) is 2.74. The minimum atomic E-state index is 0.180. The normalized spacial score (nSPS) is 22.9. The van der Waals surface area contributed by atoms with Crippen LogP contribution >= 0.6 is 11.8 Å². The Morgan fingerprint density at radius 2 is 2.04 bits per heavy atom. The molecule has 26 heavy (non-hydrogen) atoms. The third-order valence-electron chi connectivity index (χ3n) is 5.24. The number of benzene rings is 1. The summed E-state index contributed by atoms with van der Waals surface area (Å²) in [5, 5.41) is 9.33. The highest BCUT2D eigenvalue weighted by Crippen LogP contribution is 2.29. The van der Waals surface area contributed by atoms with Crippen molar-refractivity contribution in [2.45, 2.75) is 43.0 Å². The Hall–Kier alpha value is -1.86. The molecule has 0 radical (unpaired) electrons. The molecule has 4 rings (SSSR count). The van der Waals surface area contributed by atoms with Crippen LogP contribution in [0.25, 0.3) is 11.4 Å². The van der Waals surface area contributed by atoms with Gasteiger partial charge in [0.15, 0.2) is 11.0 Å². The Bertz CT molecular complexity index is 762. The minimum absolute atomic E-state index is 0.180. The van der Waals surface area contributed by atoms with Crippen molar-refractivity contribution in [3.05, 3.63) is 30.3 Å². The highest BCUT2D eigenvalue weighted by atomic mass is 32.2. The molecule has 2 aliphatic rings. The number of carbonyl (C=O) groups excluding carboxylic acids is 1. The maximum Gasteiger partial charge on any atom is 0.233 e. The highest BCUT2D eigenvalue weighted by molar-refractivity contribution is 7.99. The number of ether oxygens (including phenoxy) is 1. The zero-order chi connectivity index (χ0) is 17.9. The smallest absolute Gasteiger partial charge is 0.233 e. The number of rotatable bonds is 4. The Morgan fingerprint density at radius 3 is 2.88 bits per heavy atom. The minimum Gasteiger partial charge on any atom is -0.374 e. The number of amides is 1. The summed E-state index contributed by atoms with van der Waals surface area (Å²) in [5.41, 5.74) is 1.03. The number of hydrogen-bond acceptors (Lipinski definition) is 5. The summed E-state index contributed by atoms with van der Waals surface area (Å²) in [7, 11) is 1.95. The third kappa shape index (κ3) is 3.50. The van der Waals surface area contributed by atoms with E-state index >= 15 is 0 Å². The van der Waals surface area contributed by atoms with Crippen molar-refractivity contribution in [1.82, 2.24) is 19.7 Å². The fourth-order valence-electron chi connectivity index (χ4n) is 3.89. The van der Waals surface area contributed by atoms with Gasteiger partial charge >= 0.3 is 0 Å². The van der Waals surface area contributed by atoms with Crippen molar-refractivity contribution in [3.8, 4) is 11.4 Å². The lowest BCUT2D eigenvalue weighted by molar-refractivity contribution is -0.146. The summed E-state index contributed by atoms with van der Waals surface area (Å²) in [6, 6.07) is 10.2. The molecule has 2 aromatic rings. The molecule has 138 valence electrons. The van der Waals surface area contributed by atoms with Crippen molar-refractivity contribution in [1.29, 1.82) is 0 Å². The number of fused-ring (bicyclic) bond motifs is 1. The van der Waals surface area contributed by atoms with Gasteiger partial charge in [-0.2, -0.15) is 0 Å². The molecule has 7 heteroatoms. The SMILES string of the molecule is Cn1c(SCC(=O)N2CCO[C@@H]3CCCC[C@H]32)nnc1-c1ccccc1. The lowest BCUT2D eigenvalue weighted by Crippen LogP contribution is -2.55. The van der Waals surface area contributed by atoms with E-state index in [0.29, 0.717) is 18.9 Å². The molecule has 2 atom stereocenters. The summed E-state index contributed by atoms with van der Waals surface area (Å²) in [6.45, 7) is 1.36. The van der Waals surface area contributed by atoms with E-state index in [9.17, 15) is 4.79 Å². The maximum atomic E-state index is 12.8. The summed E-state index contributed by atoms with van der Waals surface area (Å²) in [5.74, 6) is 1.39. The van der Waals surface area contributed by atoms with Crippen LogP contribution in [0, 0.1) is 0 Å². The van der Waals surface area contributed by atoms with Crippen molar-refractivity contribution in [2.75, 3.05) is 18.9 Å². The van der Waals surface area contributed by atoms with Gasteiger partial charge in [0.1, 0.15) is 0 Å². The third-order valence-corrected chi connectivity index (χ3v) is 6.25. The van der Waals surface area contributed by atoms with Crippen LogP contribution in [0.5, 0.6) is 0 Å². The first-order chi connectivity index (χ1) is 12.7. The zero-order valence-corrected chi connectivity index (χ0v) is 15.8. The quantitative estimate of drug-likeness (QED) is 0.773. The average Bonchev–Trinajstić information content (AvgIpc) is 3.07. The first-order valence-electron chi connectivity index (χ1n) is 9.23. The lowest BCUT2D eigenvalue weighted by Gasteiger charge is -2.43. The van der Waals surface area contributed by atoms with Gasteiger partial charge in [0, 0.05) is 19.2 Å². The van der Waals surface area contributed by atoms with Gasteiger partial charge in [-0.05, 0) is 12.8 Å². The van der Waals surface area contributed by atoms with Crippen molar-refractivity contribution in [2.24, 2.45) is 7.05 Å². The largest absolute Gasteiger partial charge is 0.374 e. The second kappa shape index (κ2) is 7.80. The molecule has 0 N–H and O–H groups in total. The van der Waals surface area contributed by atoms with Gasteiger partial charge in [-0.1, -0.05) is 54.9 Å². The molecular formula is C19H24N4O2S. The molecule has 1 amide bonds. The summed E-state index contributed by atoms with van der Waals surface area (Å²) in [4.78, 5) is 14.8. The fourth-order valence-corrected chi connectivity index (χ4v) is 4.69. The molecule has 2 heterocycles. The predicted molar refractivity (Wildman–Crippen MR) is 101 cm³/mol. The molecule has 1 saturated carbocycles. The molecule has 0 spiro atoms. The molecule has 0 unspecified atom stereocenters. The van der Waals surface area contributed by atoms with E-state index in [1.165, 1.54) is 24.6 Å². The van der Waals surface area contributed by atoms with Crippen LogP contribution in [0.2, 0.25) is 0 Å². The summed E-state index contributed by atoms with van der Waals surface area (Å²) in [6.07, 6.45) is 4.75. The number of morpholine rings is 1. The van der Waals surface area contributed by atoms with Crippen LogP contribution < -0.4 is 0 Å². The second-order valence-electron chi connectivity index (χ2n) is 6.87. The summed E-state index contributed by atoms with van der Waals surface area (Å²) < 4.78 is 7.82. The van der Waals surface area contributed by atoms with Crippen LogP contribution in [0.4, 0.5) is 0 Å². The van der Waals surface area contributed by atoms with E-state index in [0.717, 1.165) is 29.4 Å². The Balaban J connectivity index is 1.41. The molecule has 6 nitrogen and oxygen atoms in total. The summed E-state index contributed by atoms with van der Waals surface area (Å²) >= 11 is 1.46. The molecule has 2 fully saturated rings. The Labute approximate surface area is 157 Å². The van der Waals surface area contributed by atoms with E-state index in [1.54, 1.807) is 0 Å². The van der Waals surface area contributed by atoms with E-state index < -0.39 is 0 Å².